The van der Waals surface area contributed by atoms with Gasteiger partial charge in [-0.2, -0.15) is 0 Å². The van der Waals surface area contributed by atoms with Gasteiger partial charge in [-0.15, -0.1) is 0 Å². The maximum Gasteiger partial charge on any atom is 0.324 e. The summed E-state index contributed by atoms with van der Waals surface area (Å²) in [5.74, 6) is -0.820. The van der Waals surface area contributed by atoms with Crippen LogP contribution in [-0.4, -0.2) is 46.0 Å². The van der Waals surface area contributed by atoms with E-state index in [1.807, 2.05) is 0 Å². The predicted molar refractivity (Wildman–Crippen MR) is 74.0 cm³/mol. The lowest BCUT2D eigenvalue weighted by Gasteiger charge is -2.24. The summed E-state index contributed by atoms with van der Waals surface area (Å²) in [5, 5.41) is 8.92. The second kappa shape index (κ2) is 6.47. The van der Waals surface area contributed by atoms with Crippen molar-refractivity contribution in [2.24, 2.45) is 0 Å². The molecule has 7 nitrogen and oxygen atoms in total. The highest BCUT2D eigenvalue weighted by Crippen LogP contribution is 2.33. The van der Waals surface area contributed by atoms with Gasteiger partial charge in [0.15, 0.2) is 0 Å². The molecule has 0 aliphatic heterocycles. The molecule has 0 aromatic heterocycles. The Balaban J connectivity index is 3.42. The fraction of sp³-hybridized carbons (Fsp3) is 0.417. The van der Waals surface area contributed by atoms with Crippen LogP contribution in [0.4, 0.5) is 5.69 Å². The molecule has 0 radical (unpaired) electrons. The van der Waals surface area contributed by atoms with E-state index in [-0.39, 0.29) is 17.2 Å². The highest BCUT2D eigenvalue weighted by molar-refractivity contribution is 7.92. The Bertz CT molecular complexity index is 584. The van der Waals surface area contributed by atoms with E-state index in [4.69, 9.17) is 14.6 Å². The number of hydrogen-bond donors (Lipinski definition) is 1. The minimum Gasteiger partial charge on any atom is -0.497 e. The lowest BCUT2D eigenvalue weighted by molar-refractivity contribution is -0.135. The van der Waals surface area contributed by atoms with Gasteiger partial charge in [-0.3, -0.25) is 9.10 Å². The van der Waals surface area contributed by atoms with Crippen LogP contribution in [0.5, 0.6) is 11.5 Å². The lowest BCUT2D eigenvalue weighted by atomic mass is 10.2. The fourth-order valence-corrected chi connectivity index (χ4v) is 2.66. The zero-order valence-corrected chi connectivity index (χ0v) is 12.3. The molecule has 0 bridgehead atoms. The highest BCUT2D eigenvalue weighted by atomic mass is 32.2. The smallest absolute Gasteiger partial charge is 0.324 e. The SMILES string of the molecule is CCS(=O)(=O)N(CC(=O)O)c1cc(OC)ccc1OC. The number of carboxylic acid groups (broad SMARTS) is 1. The first-order valence-electron chi connectivity index (χ1n) is 5.80. The number of hydrogen-bond acceptors (Lipinski definition) is 5. The maximum absolute atomic E-state index is 12.1. The number of methoxy groups -OCH3 is 2. The number of carboxylic acids is 1. The molecule has 0 heterocycles. The topological polar surface area (TPSA) is 93.1 Å². The number of carbonyl (C=O) groups is 1. The van der Waals surface area contributed by atoms with Crippen molar-refractivity contribution in [2.75, 3.05) is 30.8 Å². The summed E-state index contributed by atoms with van der Waals surface area (Å²) < 4.78 is 35.1. The van der Waals surface area contributed by atoms with Crippen molar-refractivity contribution in [1.29, 1.82) is 0 Å². The molecule has 1 rings (SSSR count). The molecule has 1 aromatic rings. The van der Waals surface area contributed by atoms with E-state index < -0.39 is 22.5 Å². The average Bonchev–Trinajstić information content (AvgIpc) is 2.43. The van der Waals surface area contributed by atoms with E-state index in [0.29, 0.717) is 5.75 Å². The Kier molecular flexibility index (Phi) is 5.20. The van der Waals surface area contributed by atoms with Gasteiger partial charge in [0.2, 0.25) is 10.0 Å². The van der Waals surface area contributed by atoms with Gasteiger partial charge in [0.05, 0.1) is 25.7 Å². The average molecular weight is 303 g/mol. The van der Waals surface area contributed by atoms with Crippen molar-refractivity contribution in [3.05, 3.63) is 18.2 Å². The molecule has 0 spiro atoms. The molecule has 1 aromatic carbocycles. The normalized spacial score (nSPS) is 10.9. The van der Waals surface area contributed by atoms with Crippen molar-refractivity contribution < 1.29 is 27.8 Å². The fourth-order valence-electron chi connectivity index (χ4n) is 1.60. The Morgan fingerprint density at radius 2 is 1.95 bits per heavy atom. The summed E-state index contributed by atoms with van der Waals surface area (Å²) in [7, 11) is -0.939. The van der Waals surface area contributed by atoms with Gasteiger partial charge in [-0.05, 0) is 19.1 Å². The summed E-state index contributed by atoms with van der Waals surface area (Å²) in [6.45, 7) is 0.760. The molecule has 0 aliphatic carbocycles. The van der Waals surface area contributed by atoms with Gasteiger partial charge < -0.3 is 14.6 Å². The lowest BCUT2D eigenvalue weighted by Crippen LogP contribution is -2.37. The van der Waals surface area contributed by atoms with Crippen LogP contribution in [0.2, 0.25) is 0 Å². The largest absolute Gasteiger partial charge is 0.497 e. The number of benzene rings is 1. The minimum absolute atomic E-state index is 0.135. The van der Waals surface area contributed by atoms with Crippen LogP contribution in [0.1, 0.15) is 6.92 Å². The van der Waals surface area contributed by atoms with E-state index in [0.717, 1.165) is 4.31 Å². The van der Waals surface area contributed by atoms with Crippen molar-refractivity contribution in [2.45, 2.75) is 6.92 Å². The van der Waals surface area contributed by atoms with Crippen LogP contribution in [0.15, 0.2) is 18.2 Å². The van der Waals surface area contributed by atoms with Crippen LogP contribution in [-0.2, 0) is 14.8 Å². The molecule has 112 valence electrons. The van der Waals surface area contributed by atoms with Gasteiger partial charge in [0, 0.05) is 6.07 Å². The van der Waals surface area contributed by atoms with Crippen LogP contribution >= 0.6 is 0 Å². The molecule has 0 saturated carbocycles. The number of anilines is 1. The summed E-state index contributed by atoms with van der Waals surface area (Å²) in [5.41, 5.74) is 0.135. The van der Waals surface area contributed by atoms with Gasteiger partial charge in [0.1, 0.15) is 18.0 Å². The number of sulfonamides is 1. The van der Waals surface area contributed by atoms with Crippen LogP contribution in [0, 0.1) is 0 Å². The minimum atomic E-state index is -3.75. The number of ether oxygens (including phenoxy) is 2. The number of rotatable bonds is 7. The van der Waals surface area contributed by atoms with Crippen LogP contribution in [0.3, 0.4) is 0 Å². The van der Waals surface area contributed by atoms with Gasteiger partial charge in [-0.25, -0.2) is 8.42 Å². The van der Waals surface area contributed by atoms with Crippen molar-refractivity contribution in [3.8, 4) is 11.5 Å². The van der Waals surface area contributed by atoms with Gasteiger partial charge in [-0.1, -0.05) is 0 Å². The van der Waals surface area contributed by atoms with Gasteiger partial charge in [0.25, 0.3) is 0 Å². The van der Waals surface area contributed by atoms with Crippen LogP contribution in [0.25, 0.3) is 0 Å². The third-order valence-corrected chi connectivity index (χ3v) is 4.36. The van der Waals surface area contributed by atoms with E-state index in [1.165, 1.54) is 33.3 Å². The standard InChI is InChI=1S/C12H17NO6S/c1-4-20(16,17)13(8-12(14)15)10-7-9(18-2)5-6-11(10)19-3/h5-7H,4,8H2,1-3H3,(H,14,15). The van der Waals surface area contributed by atoms with Gasteiger partial charge >= 0.3 is 5.97 Å². The molecule has 1 N–H and O–H groups in total. The molecule has 0 fully saturated rings. The molecule has 0 amide bonds. The number of nitrogens with zero attached hydrogens (tertiary/aromatic N) is 1. The molecule has 8 heteroatoms. The van der Waals surface area contributed by atoms with Crippen molar-refractivity contribution in [1.82, 2.24) is 0 Å². The monoisotopic (exact) mass is 303 g/mol. The molecule has 0 saturated heterocycles. The summed E-state index contributed by atoms with van der Waals surface area (Å²) in [4.78, 5) is 10.9. The van der Waals surface area contributed by atoms with E-state index in [9.17, 15) is 13.2 Å². The summed E-state index contributed by atoms with van der Waals surface area (Å²) in [6.07, 6.45) is 0. The Morgan fingerprint density at radius 3 is 2.40 bits per heavy atom. The van der Waals surface area contributed by atoms with E-state index in [2.05, 4.69) is 0 Å². The Morgan fingerprint density at radius 1 is 1.30 bits per heavy atom. The first-order chi connectivity index (χ1) is 9.35. The van der Waals surface area contributed by atoms with E-state index in [1.54, 1.807) is 6.07 Å². The zero-order valence-electron chi connectivity index (χ0n) is 11.5. The molecular formula is C12H17NO6S. The quantitative estimate of drug-likeness (QED) is 0.806. The molecule has 0 aliphatic rings. The molecule has 0 atom stereocenters. The summed E-state index contributed by atoms with van der Waals surface area (Å²) in [6, 6.07) is 4.54. The number of aliphatic carboxylic acids is 1. The second-order valence-electron chi connectivity index (χ2n) is 3.84. The van der Waals surface area contributed by atoms with Crippen molar-refractivity contribution >= 4 is 21.7 Å². The second-order valence-corrected chi connectivity index (χ2v) is 6.02. The van der Waals surface area contributed by atoms with E-state index >= 15 is 0 Å². The maximum atomic E-state index is 12.1. The third kappa shape index (κ3) is 3.53. The predicted octanol–water partition coefficient (Wildman–Crippen LogP) is 0.944. The Labute approximate surface area is 117 Å². The molecule has 0 unspecified atom stereocenters. The zero-order chi connectivity index (χ0) is 15.3. The third-order valence-electron chi connectivity index (χ3n) is 2.63. The highest BCUT2D eigenvalue weighted by Gasteiger charge is 2.26. The first-order valence-corrected chi connectivity index (χ1v) is 7.40. The van der Waals surface area contributed by atoms with Crippen LogP contribution < -0.4 is 13.8 Å². The molecular weight excluding hydrogens is 286 g/mol. The van der Waals surface area contributed by atoms with Crippen molar-refractivity contribution in [3.63, 3.8) is 0 Å². The first kappa shape index (κ1) is 16.1. The summed E-state index contributed by atoms with van der Waals surface area (Å²) >= 11 is 0. The Hall–Kier alpha value is -1.96. The molecule has 20 heavy (non-hydrogen) atoms.